The van der Waals surface area contributed by atoms with E-state index in [9.17, 15) is 8.78 Å². The van der Waals surface area contributed by atoms with Crippen molar-refractivity contribution in [3.63, 3.8) is 0 Å². The zero-order valence-electron chi connectivity index (χ0n) is 6.71. The van der Waals surface area contributed by atoms with Crippen LogP contribution in [0.4, 0.5) is 8.78 Å². The second kappa shape index (κ2) is 4.35. The predicted molar refractivity (Wildman–Crippen MR) is 40.9 cm³/mol. The molecule has 0 saturated carbocycles. The molecular formula is C7H12F2N2O. The Morgan fingerprint density at radius 1 is 1.42 bits per heavy atom. The highest BCUT2D eigenvalue weighted by Gasteiger charge is 2.17. The van der Waals surface area contributed by atoms with Crippen molar-refractivity contribution in [3.05, 3.63) is 0 Å². The van der Waals surface area contributed by atoms with Gasteiger partial charge in [-0.1, -0.05) is 5.16 Å². The van der Waals surface area contributed by atoms with Crippen LogP contribution >= 0.6 is 0 Å². The number of alkyl halides is 2. The molecule has 70 valence electrons. The van der Waals surface area contributed by atoms with Gasteiger partial charge in [0, 0.05) is 25.9 Å². The van der Waals surface area contributed by atoms with Crippen LogP contribution in [-0.2, 0) is 0 Å². The van der Waals surface area contributed by atoms with Crippen LogP contribution in [0.5, 0.6) is 0 Å². The molecule has 3 nitrogen and oxygen atoms in total. The molecule has 1 aliphatic heterocycles. The van der Waals surface area contributed by atoms with Crippen LogP contribution in [0.25, 0.3) is 0 Å². The molecule has 0 aromatic carbocycles. The van der Waals surface area contributed by atoms with Gasteiger partial charge >= 0.3 is 0 Å². The molecule has 1 heterocycles. The summed E-state index contributed by atoms with van der Waals surface area (Å²) in [5.74, 6) is 0. The molecule has 0 spiro atoms. The van der Waals surface area contributed by atoms with Crippen LogP contribution < -0.4 is 0 Å². The zero-order chi connectivity index (χ0) is 8.97. The predicted octanol–water partition coefficient (Wildman–Crippen LogP) is 1.18. The summed E-state index contributed by atoms with van der Waals surface area (Å²) in [6.45, 7) is 0.978. The third kappa shape index (κ3) is 2.73. The van der Waals surface area contributed by atoms with E-state index in [-0.39, 0.29) is 6.54 Å². The first kappa shape index (κ1) is 9.38. The molecule has 1 saturated heterocycles. The molecule has 1 aliphatic rings. The summed E-state index contributed by atoms with van der Waals surface area (Å²) in [5, 5.41) is 11.4. The van der Waals surface area contributed by atoms with E-state index in [0.717, 1.165) is 0 Å². The second-order valence-corrected chi connectivity index (χ2v) is 2.86. The summed E-state index contributed by atoms with van der Waals surface area (Å²) >= 11 is 0. The average Bonchev–Trinajstić information content (AvgIpc) is 2.05. The lowest BCUT2D eigenvalue weighted by molar-refractivity contribution is 0.0875. The maximum atomic E-state index is 11.9. The lowest BCUT2D eigenvalue weighted by Crippen LogP contribution is -2.37. The maximum absolute atomic E-state index is 11.9. The number of piperidine rings is 1. The Labute approximate surface area is 69.7 Å². The van der Waals surface area contributed by atoms with Gasteiger partial charge < -0.3 is 5.21 Å². The van der Waals surface area contributed by atoms with Gasteiger partial charge in [-0.05, 0) is 0 Å². The van der Waals surface area contributed by atoms with E-state index < -0.39 is 6.43 Å². The fraction of sp³-hybridized carbons (Fsp3) is 0.857. The first-order chi connectivity index (χ1) is 5.72. The summed E-state index contributed by atoms with van der Waals surface area (Å²) in [6, 6.07) is 0. The van der Waals surface area contributed by atoms with Gasteiger partial charge in [-0.25, -0.2) is 8.78 Å². The van der Waals surface area contributed by atoms with Crippen LogP contribution in [0.2, 0.25) is 0 Å². The summed E-state index contributed by atoms with van der Waals surface area (Å²) in [5.41, 5.74) is 0.709. The molecule has 1 N–H and O–H groups in total. The summed E-state index contributed by atoms with van der Waals surface area (Å²) in [6.07, 6.45) is -1.07. The molecule has 0 aromatic heterocycles. The SMILES string of the molecule is ON=C1CCN(CC(F)F)CC1. The largest absolute Gasteiger partial charge is 0.411 e. The van der Waals surface area contributed by atoms with E-state index in [1.54, 1.807) is 4.90 Å². The standard InChI is InChI=1S/C7H12F2N2O/c8-7(9)5-11-3-1-6(10-12)2-4-11/h7,12H,1-5H2. The third-order valence-corrected chi connectivity index (χ3v) is 1.97. The number of hydrogen-bond donors (Lipinski definition) is 1. The van der Waals surface area contributed by atoms with Crippen molar-refractivity contribution in [1.82, 2.24) is 4.90 Å². The highest BCUT2D eigenvalue weighted by molar-refractivity contribution is 5.84. The molecule has 0 radical (unpaired) electrons. The first-order valence-electron chi connectivity index (χ1n) is 3.92. The van der Waals surface area contributed by atoms with Gasteiger partial charge in [-0.2, -0.15) is 0 Å². The first-order valence-corrected chi connectivity index (χ1v) is 3.92. The quantitative estimate of drug-likeness (QED) is 0.509. The van der Waals surface area contributed by atoms with Gasteiger partial charge in [0.15, 0.2) is 0 Å². The van der Waals surface area contributed by atoms with Crippen LogP contribution in [0.3, 0.4) is 0 Å². The third-order valence-electron chi connectivity index (χ3n) is 1.97. The van der Waals surface area contributed by atoms with Gasteiger partial charge in [0.25, 0.3) is 6.43 Å². The zero-order valence-corrected chi connectivity index (χ0v) is 6.71. The molecule has 0 amide bonds. The minimum Gasteiger partial charge on any atom is -0.411 e. The Morgan fingerprint density at radius 3 is 2.42 bits per heavy atom. The smallest absolute Gasteiger partial charge is 0.251 e. The average molecular weight is 178 g/mol. The van der Waals surface area contributed by atoms with Gasteiger partial charge in [0.2, 0.25) is 0 Å². The molecule has 0 aromatic rings. The summed E-state index contributed by atoms with van der Waals surface area (Å²) < 4.78 is 23.8. The lowest BCUT2D eigenvalue weighted by atomic mass is 10.1. The second-order valence-electron chi connectivity index (χ2n) is 2.86. The molecule has 0 atom stereocenters. The van der Waals surface area contributed by atoms with E-state index in [1.165, 1.54) is 0 Å². The molecular weight excluding hydrogens is 166 g/mol. The van der Waals surface area contributed by atoms with Gasteiger partial charge in [-0.15, -0.1) is 0 Å². The Bertz CT molecular complexity index is 163. The van der Waals surface area contributed by atoms with Crippen LogP contribution in [0.1, 0.15) is 12.8 Å². The van der Waals surface area contributed by atoms with Crippen LogP contribution in [0.15, 0.2) is 5.16 Å². The highest BCUT2D eigenvalue weighted by Crippen LogP contribution is 2.08. The van der Waals surface area contributed by atoms with Crippen molar-refractivity contribution < 1.29 is 14.0 Å². The fourth-order valence-electron chi connectivity index (χ4n) is 1.29. The number of likely N-dealkylation sites (tertiary alicyclic amines) is 1. The maximum Gasteiger partial charge on any atom is 0.251 e. The van der Waals surface area contributed by atoms with Crippen LogP contribution in [0, 0.1) is 0 Å². The van der Waals surface area contributed by atoms with E-state index >= 15 is 0 Å². The monoisotopic (exact) mass is 178 g/mol. The molecule has 1 fully saturated rings. The number of oxime groups is 1. The van der Waals surface area contributed by atoms with Crippen molar-refractivity contribution in [2.24, 2.45) is 5.16 Å². The molecule has 0 aliphatic carbocycles. The minimum atomic E-state index is -2.27. The van der Waals surface area contributed by atoms with Gasteiger partial charge in [0.05, 0.1) is 12.3 Å². The minimum absolute atomic E-state index is 0.168. The number of halogens is 2. The molecule has 5 heteroatoms. The van der Waals surface area contributed by atoms with Gasteiger partial charge in [0.1, 0.15) is 0 Å². The molecule has 0 unspecified atom stereocenters. The Kier molecular flexibility index (Phi) is 3.40. The van der Waals surface area contributed by atoms with E-state index in [4.69, 9.17) is 5.21 Å². The molecule has 1 rings (SSSR count). The summed E-state index contributed by atoms with van der Waals surface area (Å²) in [4.78, 5) is 1.68. The van der Waals surface area contributed by atoms with E-state index in [1.807, 2.05) is 0 Å². The number of nitrogens with zero attached hydrogens (tertiary/aromatic N) is 2. The lowest BCUT2D eigenvalue weighted by Gasteiger charge is -2.26. The number of hydrogen-bond acceptors (Lipinski definition) is 3. The normalized spacial score (nSPS) is 20.1. The van der Waals surface area contributed by atoms with Gasteiger partial charge in [-0.3, -0.25) is 4.90 Å². The van der Waals surface area contributed by atoms with Crippen molar-refractivity contribution in [2.45, 2.75) is 19.3 Å². The number of rotatable bonds is 2. The molecule has 0 bridgehead atoms. The van der Waals surface area contributed by atoms with Crippen molar-refractivity contribution in [2.75, 3.05) is 19.6 Å². The van der Waals surface area contributed by atoms with Crippen molar-refractivity contribution in [1.29, 1.82) is 0 Å². The highest BCUT2D eigenvalue weighted by atomic mass is 19.3. The Hall–Kier alpha value is -0.710. The van der Waals surface area contributed by atoms with Crippen molar-refractivity contribution in [3.8, 4) is 0 Å². The van der Waals surface area contributed by atoms with Crippen LogP contribution in [-0.4, -0.2) is 41.9 Å². The van der Waals surface area contributed by atoms with E-state index in [0.29, 0.717) is 31.6 Å². The fourth-order valence-corrected chi connectivity index (χ4v) is 1.29. The van der Waals surface area contributed by atoms with Crippen molar-refractivity contribution >= 4 is 5.71 Å². The molecule has 12 heavy (non-hydrogen) atoms. The summed E-state index contributed by atoms with van der Waals surface area (Å²) in [7, 11) is 0. The Balaban J connectivity index is 2.26. The topological polar surface area (TPSA) is 35.8 Å². The van der Waals surface area contributed by atoms with E-state index in [2.05, 4.69) is 5.16 Å². The Morgan fingerprint density at radius 2 is 2.00 bits per heavy atom.